The molecule has 0 aliphatic rings. The molecule has 21 heavy (non-hydrogen) atoms. The molecule has 0 saturated heterocycles. The molecule has 3 N–H and O–H groups in total. The maximum atomic E-state index is 12.2. The van der Waals surface area contributed by atoms with Gasteiger partial charge in [-0.2, -0.15) is 4.98 Å². The quantitative estimate of drug-likeness (QED) is 0.741. The van der Waals surface area contributed by atoms with Crippen LogP contribution in [0.2, 0.25) is 0 Å². The Bertz CT molecular complexity index is 685. The van der Waals surface area contributed by atoms with E-state index in [2.05, 4.69) is 14.9 Å². The van der Waals surface area contributed by atoms with Gasteiger partial charge in [-0.1, -0.05) is 5.16 Å². The maximum Gasteiger partial charge on any atom is 0.240 e. The highest BCUT2D eigenvalue weighted by Gasteiger charge is 2.16. The summed E-state index contributed by atoms with van der Waals surface area (Å²) in [6.45, 7) is 0.350. The second-order valence-corrected chi connectivity index (χ2v) is 5.93. The molecular formula is C12H16N4O4S. The van der Waals surface area contributed by atoms with Crippen molar-refractivity contribution in [3.63, 3.8) is 0 Å². The molecule has 2 aromatic rings. The molecule has 0 radical (unpaired) electrons. The molecule has 8 nitrogen and oxygen atoms in total. The van der Waals surface area contributed by atoms with Gasteiger partial charge in [0.25, 0.3) is 0 Å². The second-order valence-electron chi connectivity index (χ2n) is 4.16. The van der Waals surface area contributed by atoms with Gasteiger partial charge in [0.2, 0.25) is 15.9 Å². The van der Waals surface area contributed by atoms with Gasteiger partial charge >= 0.3 is 0 Å². The first-order chi connectivity index (χ1) is 10.1. The van der Waals surface area contributed by atoms with Gasteiger partial charge in [-0.25, -0.2) is 13.1 Å². The summed E-state index contributed by atoms with van der Waals surface area (Å²) in [6.07, 6.45) is 1.58. The molecule has 1 aromatic heterocycles. The van der Waals surface area contributed by atoms with E-state index >= 15 is 0 Å². The van der Waals surface area contributed by atoms with Crippen LogP contribution in [0.15, 0.2) is 33.9 Å². The molecule has 0 aliphatic heterocycles. The van der Waals surface area contributed by atoms with E-state index < -0.39 is 10.0 Å². The minimum absolute atomic E-state index is 0.134. The molecule has 9 heteroatoms. The summed E-state index contributed by atoms with van der Waals surface area (Å²) < 4.78 is 36.7. The zero-order valence-electron chi connectivity index (χ0n) is 11.4. The van der Waals surface area contributed by atoms with Crippen LogP contribution in [0.1, 0.15) is 11.5 Å². The van der Waals surface area contributed by atoms with Crippen LogP contribution in [0.3, 0.4) is 0 Å². The maximum absolute atomic E-state index is 12.2. The summed E-state index contributed by atoms with van der Waals surface area (Å²) in [6, 6.07) is 4.54. The van der Waals surface area contributed by atoms with E-state index in [1.54, 1.807) is 6.07 Å². The lowest BCUT2D eigenvalue weighted by Crippen LogP contribution is -2.26. The van der Waals surface area contributed by atoms with Gasteiger partial charge in [0.15, 0.2) is 6.33 Å². The second kappa shape index (κ2) is 6.66. The normalized spacial score (nSPS) is 11.5. The first kappa shape index (κ1) is 15.4. The van der Waals surface area contributed by atoms with Crippen LogP contribution in [-0.2, 0) is 23.0 Å². The Morgan fingerprint density at radius 1 is 1.43 bits per heavy atom. The van der Waals surface area contributed by atoms with Crippen molar-refractivity contribution in [1.29, 1.82) is 0 Å². The van der Waals surface area contributed by atoms with E-state index in [-0.39, 0.29) is 18.0 Å². The Kier molecular flexibility index (Phi) is 4.89. The number of sulfonamides is 1. The fourth-order valence-corrected chi connectivity index (χ4v) is 2.85. The van der Waals surface area contributed by atoms with Crippen LogP contribution in [0.4, 0.5) is 0 Å². The van der Waals surface area contributed by atoms with Crippen LogP contribution in [0.25, 0.3) is 0 Å². The summed E-state index contributed by atoms with van der Waals surface area (Å²) in [5.74, 6) is 0.928. The number of nitrogens with zero attached hydrogens (tertiary/aromatic N) is 2. The van der Waals surface area contributed by atoms with Crippen molar-refractivity contribution >= 4 is 10.0 Å². The molecule has 1 heterocycles. The van der Waals surface area contributed by atoms with Crippen molar-refractivity contribution in [2.45, 2.75) is 17.9 Å². The van der Waals surface area contributed by atoms with Crippen molar-refractivity contribution < 1.29 is 17.7 Å². The number of rotatable bonds is 7. The monoisotopic (exact) mass is 312 g/mol. The van der Waals surface area contributed by atoms with E-state index in [1.165, 1.54) is 25.6 Å². The average Bonchev–Trinajstić information content (AvgIpc) is 2.99. The van der Waals surface area contributed by atoms with Crippen molar-refractivity contribution in [1.82, 2.24) is 14.9 Å². The van der Waals surface area contributed by atoms with Gasteiger partial charge in [0.1, 0.15) is 5.75 Å². The number of ether oxygens (including phenoxy) is 1. The highest BCUT2D eigenvalue weighted by molar-refractivity contribution is 7.89. The minimum atomic E-state index is -3.62. The minimum Gasteiger partial charge on any atom is -0.496 e. The van der Waals surface area contributed by atoms with Gasteiger partial charge in [-0.05, 0) is 18.2 Å². The standard InChI is InChI=1S/C12H16N4O4S/c1-19-11-3-2-10(6-9(11)7-13)21(17,18)16-5-4-12-14-8-15-20-12/h2-3,6,8,16H,4-5,7,13H2,1H3. The molecule has 0 bridgehead atoms. The lowest BCUT2D eigenvalue weighted by atomic mass is 10.2. The highest BCUT2D eigenvalue weighted by Crippen LogP contribution is 2.21. The predicted molar refractivity (Wildman–Crippen MR) is 74.1 cm³/mol. The smallest absolute Gasteiger partial charge is 0.240 e. The largest absolute Gasteiger partial charge is 0.496 e. The Labute approximate surface area is 122 Å². The molecular weight excluding hydrogens is 296 g/mol. The summed E-state index contributed by atoms with van der Waals surface area (Å²) in [4.78, 5) is 3.95. The predicted octanol–water partition coefficient (Wildman–Crippen LogP) is 0.0579. The molecule has 2 rings (SSSR count). The molecule has 0 aliphatic carbocycles. The van der Waals surface area contributed by atoms with Crippen molar-refractivity contribution in [3.05, 3.63) is 36.0 Å². The Morgan fingerprint density at radius 2 is 2.24 bits per heavy atom. The number of methoxy groups -OCH3 is 1. The van der Waals surface area contributed by atoms with E-state index in [9.17, 15) is 8.42 Å². The molecule has 114 valence electrons. The third-order valence-corrected chi connectivity index (χ3v) is 4.28. The molecule has 0 unspecified atom stereocenters. The number of aromatic nitrogens is 2. The van der Waals surface area contributed by atoms with Crippen LogP contribution in [-0.4, -0.2) is 32.2 Å². The van der Waals surface area contributed by atoms with Gasteiger partial charge < -0.3 is 15.0 Å². The topological polar surface area (TPSA) is 120 Å². The number of benzene rings is 1. The Morgan fingerprint density at radius 3 is 2.86 bits per heavy atom. The van der Waals surface area contributed by atoms with Gasteiger partial charge in [0, 0.05) is 25.1 Å². The number of nitrogens with one attached hydrogen (secondary N) is 1. The van der Waals surface area contributed by atoms with Gasteiger partial charge in [-0.15, -0.1) is 0 Å². The average molecular weight is 312 g/mol. The fraction of sp³-hybridized carbons (Fsp3) is 0.333. The third-order valence-electron chi connectivity index (χ3n) is 2.82. The van der Waals surface area contributed by atoms with Crippen LogP contribution < -0.4 is 15.2 Å². The number of hydrogen-bond donors (Lipinski definition) is 2. The van der Waals surface area contributed by atoms with E-state index in [0.29, 0.717) is 23.6 Å². The van der Waals surface area contributed by atoms with Crippen molar-refractivity contribution in [3.8, 4) is 5.75 Å². The third kappa shape index (κ3) is 3.78. The van der Waals surface area contributed by atoms with Crippen LogP contribution >= 0.6 is 0 Å². The van der Waals surface area contributed by atoms with Gasteiger partial charge in [-0.3, -0.25) is 0 Å². The van der Waals surface area contributed by atoms with Crippen molar-refractivity contribution in [2.24, 2.45) is 5.73 Å². The summed E-state index contributed by atoms with van der Waals surface area (Å²) in [7, 11) is -2.12. The lowest BCUT2D eigenvalue weighted by Gasteiger charge is -2.10. The summed E-state index contributed by atoms with van der Waals surface area (Å²) in [5, 5.41) is 3.45. The zero-order chi connectivity index (χ0) is 15.3. The first-order valence-corrected chi connectivity index (χ1v) is 7.67. The molecule has 1 aromatic carbocycles. The Balaban J connectivity index is 2.08. The molecule has 0 atom stereocenters. The molecule has 0 spiro atoms. The van der Waals surface area contributed by atoms with E-state index in [0.717, 1.165) is 0 Å². The summed E-state index contributed by atoms with van der Waals surface area (Å²) in [5.41, 5.74) is 6.20. The summed E-state index contributed by atoms with van der Waals surface area (Å²) >= 11 is 0. The fourth-order valence-electron chi connectivity index (χ4n) is 1.76. The SMILES string of the molecule is COc1ccc(S(=O)(=O)NCCc2ncno2)cc1CN. The van der Waals surface area contributed by atoms with E-state index in [1.807, 2.05) is 0 Å². The molecule has 0 saturated carbocycles. The Hall–Kier alpha value is -1.97. The number of nitrogens with two attached hydrogens (primary N) is 1. The molecule has 0 fully saturated rings. The van der Waals surface area contributed by atoms with Crippen LogP contribution in [0, 0.1) is 0 Å². The van der Waals surface area contributed by atoms with Crippen LogP contribution in [0.5, 0.6) is 5.75 Å². The van der Waals surface area contributed by atoms with E-state index in [4.69, 9.17) is 15.0 Å². The zero-order valence-corrected chi connectivity index (χ0v) is 12.3. The number of hydrogen-bond acceptors (Lipinski definition) is 7. The first-order valence-electron chi connectivity index (χ1n) is 6.19. The highest BCUT2D eigenvalue weighted by atomic mass is 32.2. The molecule has 0 amide bonds. The van der Waals surface area contributed by atoms with Gasteiger partial charge in [0.05, 0.1) is 12.0 Å². The lowest BCUT2D eigenvalue weighted by molar-refractivity contribution is 0.377. The van der Waals surface area contributed by atoms with Crippen molar-refractivity contribution in [2.75, 3.05) is 13.7 Å².